The fourth-order valence-corrected chi connectivity index (χ4v) is 2.15. The molecular weight excluding hydrogens is 248 g/mol. The monoisotopic (exact) mass is 270 g/mol. The largest absolute Gasteiger partial charge is 0.489 e. The summed E-state index contributed by atoms with van der Waals surface area (Å²) >= 11 is 0. The number of benzene rings is 2. The van der Waals surface area contributed by atoms with Gasteiger partial charge in [-0.25, -0.2) is 0 Å². The Hall–Kier alpha value is -1.84. The first-order valence-electron chi connectivity index (χ1n) is 7.02. The van der Waals surface area contributed by atoms with Gasteiger partial charge in [-0.1, -0.05) is 48.5 Å². The molecule has 3 heteroatoms. The van der Waals surface area contributed by atoms with E-state index >= 15 is 0 Å². The van der Waals surface area contributed by atoms with Gasteiger partial charge in [0.2, 0.25) is 0 Å². The van der Waals surface area contributed by atoms with Crippen LogP contribution in [0.2, 0.25) is 0 Å². The number of para-hydroxylation sites is 1. The lowest BCUT2D eigenvalue weighted by atomic mass is 10.0. The number of hydrogen-bond acceptors (Lipinski definition) is 3. The van der Waals surface area contributed by atoms with Crippen LogP contribution in [0, 0.1) is 0 Å². The van der Waals surface area contributed by atoms with Crippen LogP contribution in [-0.2, 0) is 6.61 Å². The van der Waals surface area contributed by atoms with Gasteiger partial charge in [-0.3, -0.25) is 0 Å². The van der Waals surface area contributed by atoms with E-state index in [1.807, 2.05) is 42.5 Å². The summed E-state index contributed by atoms with van der Waals surface area (Å²) in [6, 6.07) is 18.1. The van der Waals surface area contributed by atoms with Crippen molar-refractivity contribution in [2.45, 2.75) is 25.5 Å². The van der Waals surface area contributed by atoms with Crippen molar-refractivity contribution in [2.24, 2.45) is 11.5 Å². The van der Waals surface area contributed by atoms with Gasteiger partial charge >= 0.3 is 0 Å². The lowest BCUT2D eigenvalue weighted by Crippen LogP contribution is -2.14. The molecule has 2 rings (SSSR count). The molecule has 0 unspecified atom stereocenters. The highest BCUT2D eigenvalue weighted by Gasteiger charge is 2.11. The van der Waals surface area contributed by atoms with Gasteiger partial charge in [0.05, 0.1) is 0 Å². The van der Waals surface area contributed by atoms with Crippen LogP contribution < -0.4 is 16.2 Å². The maximum Gasteiger partial charge on any atom is 0.124 e. The molecule has 4 N–H and O–H groups in total. The lowest BCUT2D eigenvalue weighted by Gasteiger charge is -2.16. The Labute approximate surface area is 120 Å². The minimum absolute atomic E-state index is 0.0227. The summed E-state index contributed by atoms with van der Waals surface area (Å²) in [5.74, 6) is 0.862. The first kappa shape index (κ1) is 14.6. The molecular formula is C17H22N2O. The van der Waals surface area contributed by atoms with Gasteiger partial charge in [0.1, 0.15) is 12.4 Å². The molecule has 2 aromatic carbocycles. The van der Waals surface area contributed by atoms with Gasteiger partial charge in [0.15, 0.2) is 0 Å². The Morgan fingerprint density at radius 2 is 1.65 bits per heavy atom. The quantitative estimate of drug-likeness (QED) is 0.813. The molecule has 2 aromatic rings. The van der Waals surface area contributed by atoms with Gasteiger partial charge < -0.3 is 16.2 Å². The first-order chi connectivity index (χ1) is 9.81. The van der Waals surface area contributed by atoms with Gasteiger partial charge in [-0.2, -0.15) is 0 Å². The Bertz CT molecular complexity index is 513. The molecule has 0 spiro atoms. The van der Waals surface area contributed by atoms with Crippen LogP contribution in [0.1, 0.15) is 30.0 Å². The molecule has 0 aliphatic carbocycles. The summed E-state index contributed by atoms with van der Waals surface area (Å²) in [4.78, 5) is 0. The number of hydrogen-bond donors (Lipinski definition) is 2. The second kappa shape index (κ2) is 7.68. The molecule has 106 valence electrons. The average Bonchev–Trinajstić information content (AvgIpc) is 2.52. The van der Waals surface area contributed by atoms with Crippen LogP contribution in [-0.4, -0.2) is 6.54 Å². The molecule has 0 radical (unpaired) electrons. The third kappa shape index (κ3) is 4.08. The molecule has 0 fully saturated rings. The third-order valence-electron chi connectivity index (χ3n) is 3.27. The van der Waals surface area contributed by atoms with E-state index in [9.17, 15) is 0 Å². The predicted octanol–water partition coefficient (Wildman–Crippen LogP) is 3.00. The first-order valence-corrected chi connectivity index (χ1v) is 7.02. The summed E-state index contributed by atoms with van der Waals surface area (Å²) in [5.41, 5.74) is 14.0. The highest BCUT2D eigenvalue weighted by Crippen LogP contribution is 2.26. The minimum atomic E-state index is -0.0227. The normalized spacial score (nSPS) is 12.1. The molecule has 20 heavy (non-hydrogen) atoms. The zero-order valence-electron chi connectivity index (χ0n) is 11.7. The zero-order chi connectivity index (χ0) is 14.2. The van der Waals surface area contributed by atoms with E-state index in [0.29, 0.717) is 13.2 Å². The SMILES string of the molecule is NCCC[C@@H](N)c1ccccc1OCc1ccccc1. The summed E-state index contributed by atoms with van der Waals surface area (Å²) in [6.45, 7) is 1.22. The van der Waals surface area contributed by atoms with Crippen LogP contribution in [0.5, 0.6) is 5.75 Å². The van der Waals surface area contributed by atoms with E-state index in [1.165, 1.54) is 0 Å². The average molecular weight is 270 g/mol. The standard InChI is InChI=1S/C17H22N2O/c18-12-6-10-16(19)15-9-4-5-11-17(15)20-13-14-7-2-1-3-8-14/h1-5,7-9,11,16H,6,10,12-13,18-19H2/t16-/m1/s1. The second-order valence-corrected chi connectivity index (χ2v) is 4.85. The molecule has 1 atom stereocenters. The minimum Gasteiger partial charge on any atom is -0.489 e. The smallest absolute Gasteiger partial charge is 0.124 e. The van der Waals surface area contributed by atoms with Crippen LogP contribution in [0.3, 0.4) is 0 Å². The highest BCUT2D eigenvalue weighted by molar-refractivity contribution is 5.36. The number of rotatable bonds is 7. The third-order valence-corrected chi connectivity index (χ3v) is 3.27. The van der Waals surface area contributed by atoms with Crippen molar-refractivity contribution in [1.29, 1.82) is 0 Å². The van der Waals surface area contributed by atoms with Gasteiger partial charge in [0.25, 0.3) is 0 Å². The molecule has 0 aromatic heterocycles. The van der Waals surface area contributed by atoms with Crippen LogP contribution >= 0.6 is 0 Å². The molecule has 0 bridgehead atoms. The molecule has 0 heterocycles. The molecule has 0 saturated carbocycles. The van der Waals surface area contributed by atoms with E-state index in [1.54, 1.807) is 0 Å². The van der Waals surface area contributed by atoms with Crippen LogP contribution in [0.25, 0.3) is 0 Å². The fraction of sp³-hybridized carbons (Fsp3) is 0.294. The fourth-order valence-electron chi connectivity index (χ4n) is 2.15. The molecule has 0 aliphatic rings. The van der Waals surface area contributed by atoms with Gasteiger partial charge in [-0.05, 0) is 31.0 Å². The van der Waals surface area contributed by atoms with Crippen molar-refractivity contribution in [1.82, 2.24) is 0 Å². The summed E-state index contributed by atoms with van der Waals surface area (Å²) in [6.07, 6.45) is 1.80. The maximum atomic E-state index is 6.22. The summed E-state index contributed by atoms with van der Waals surface area (Å²) < 4.78 is 5.91. The van der Waals surface area contributed by atoms with Crippen LogP contribution in [0.4, 0.5) is 0 Å². The van der Waals surface area contributed by atoms with E-state index < -0.39 is 0 Å². The van der Waals surface area contributed by atoms with Crippen molar-refractivity contribution in [3.63, 3.8) is 0 Å². The van der Waals surface area contributed by atoms with E-state index in [-0.39, 0.29) is 6.04 Å². The van der Waals surface area contributed by atoms with Crippen LogP contribution in [0.15, 0.2) is 54.6 Å². The Balaban J connectivity index is 2.04. The zero-order valence-corrected chi connectivity index (χ0v) is 11.7. The Morgan fingerprint density at radius 3 is 2.40 bits per heavy atom. The lowest BCUT2D eigenvalue weighted by molar-refractivity contribution is 0.300. The molecule has 0 amide bonds. The summed E-state index contributed by atoms with van der Waals surface area (Å²) in [7, 11) is 0. The molecule has 0 aliphatic heterocycles. The van der Waals surface area contributed by atoms with Crippen molar-refractivity contribution in [2.75, 3.05) is 6.54 Å². The van der Waals surface area contributed by atoms with E-state index in [4.69, 9.17) is 16.2 Å². The maximum absolute atomic E-state index is 6.22. The van der Waals surface area contributed by atoms with Gasteiger partial charge in [0, 0.05) is 11.6 Å². The van der Waals surface area contributed by atoms with Crippen molar-refractivity contribution < 1.29 is 4.74 Å². The second-order valence-electron chi connectivity index (χ2n) is 4.85. The molecule has 3 nitrogen and oxygen atoms in total. The predicted molar refractivity (Wildman–Crippen MR) is 82.4 cm³/mol. The topological polar surface area (TPSA) is 61.3 Å². The number of nitrogens with two attached hydrogens (primary N) is 2. The molecule has 0 saturated heterocycles. The van der Waals surface area contributed by atoms with E-state index in [2.05, 4.69) is 12.1 Å². The van der Waals surface area contributed by atoms with Crippen molar-refractivity contribution in [3.05, 3.63) is 65.7 Å². The summed E-state index contributed by atoms with van der Waals surface area (Å²) in [5, 5.41) is 0. The van der Waals surface area contributed by atoms with Crippen molar-refractivity contribution in [3.8, 4) is 5.75 Å². The van der Waals surface area contributed by atoms with Gasteiger partial charge in [-0.15, -0.1) is 0 Å². The number of ether oxygens (including phenoxy) is 1. The van der Waals surface area contributed by atoms with Crippen molar-refractivity contribution >= 4 is 0 Å². The highest BCUT2D eigenvalue weighted by atomic mass is 16.5. The Morgan fingerprint density at radius 1 is 0.950 bits per heavy atom. The van der Waals surface area contributed by atoms with E-state index in [0.717, 1.165) is 29.7 Å². The Kier molecular flexibility index (Phi) is 5.59.